The number of H-pyrrole nitrogens is 1. The summed E-state index contributed by atoms with van der Waals surface area (Å²) in [5.74, 6) is -0.493. The van der Waals surface area contributed by atoms with Gasteiger partial charge < -0.3 is 15.2 Å². The highest BCUT2D eigenvalue weighted by molar-refractivity contribution is 5.86. The summed E-state index contributed by atoms with van der Waals surface area (Å²) in [6.45, 7) is 1.76. The number of anilines is 1. The molecule has 6 heteroatoms. The van der Waals surface area contributed by atoms with Gasteiger partial charge in [-0.3, -0.25) is 4.79 Å². The highest BCUT2D eigenvalue weighted by Gasteiger charge is 2.21. The lowest BCUT2D eigenvalue weighted by Gasteiger charge is -2.04. The number of aryl methyl sites for hydroxylation is 1. The quantitative estimate of drug-likeness (QED) is 0.758. The molecular weight excluding hydrogens is 273 g/mol. The molecule has 0 aliphatic heterocycles. The van der Waals surface area contributed by atoms with Gasteiger partial charge in [0, 0.05) is 23.5 Å². The van der Waals surface area contributed by atoms with Crippen LogP contribution in [0, 0.1) is 12.7 Å². The molecule has 0 saturated carbocycles. The maximum atomic E-state index is 14.0. The summed E-state index contributed by atoms with van der Waals surface area (Å²) in [5.41, 5.74) is 7.25. The number of aromatic amines is 1. The molecule has 5 nitrogen and oxygen atoms in total. The first-order valence-electron chi connectivity index (χ1n) is 6.27. The maximum absolute atomic E-state index is 14.0. The van der Waals surface area contributed by atoms with Crippen molar-refractivity contribution >= 4 is 5.88 Å². The van der Waals surface area contributed by atoms with Gasteiger partial charge in [-0.25, -0.2) is 4.39 Å². The lowest BCUT2D eigenvalue weighted by Crippen LogP contribution is -2.06. The highest BCUT2D eigenvalue weighted by Crippen LogP contribution is 2.36. The summed E-state index contributed by atoms with van der Waals surface area (Å²) in [4.78, 5) is 15.0. The van der Waals surface area contributed by atoms with E-state index in [1.807, 2.05) is 0 Å². The Kier molecular flexibility index (Phi) is 3.06. The minimum Gasteiger partial charge on any atom is -0.367 e. The van der Waals surface area contributed by atoms with E-state index in [1.165, 1.54) is 18.3 Å². The van der Waals surface area contributed by atoms with Crippen LogP contribution in [0.4, 0.5) is 10.3 Å². The second-order valence-electron chi connectivity index (χ2n) is 4.64. The molecule has 2 aromatic heterocycles. The lowest BCUT2D eigenvalue weighted by atomic mass is 10.0. The summed E-state index contributed by atoms with van der Waals surface area (Å²) >= 11 is 0. The van der Waals surface area contributed by atoms with E-state index in [2.05, 4.69) is 10.1 Å². The molecule has 0 radical (unpaired) electrons. The largest absolute Gasteiger partial charge is 0.367 e. The van der Waals surface area contributed by atoms with Crippen LogP contribution in [0.25, 0.3) is 22.4 Å². The first-order chi connectivity index (χ1) is 10.1. The van der Waals surface area contributed by atoms with Crippen LogP contribution in [0.2, 0.25) is 0 Å². The Labute approximate surface area is 119 Å². The minimum atomic E-state index is -0.461. The van der Waals surface area contributed by atoms with Crippen LogP contribution in [0.15, 0.2) is 45.8 Å². The van der Waals surface area contributed by atoms with E-state index in [-0.39, 0.29) is 33.7 Å². The Morgan fingerprint density at radius 1 is 1.29 bits per heavy atom. The van der Waals surface area contributed by atoms with Crippen molar-refractivity contribution in [1.29, 1.82) is 0 Å². The van der Waals surface area contributed by atoms with Gasteiger partial charge in [-0.2, -0.15) is 0 Å². The molecule has 0 spiro atoms. The Morgan fingerprint density at radius 3 is 2.76 bits per heavy atom. The topological polar surface area (TPSA) is 84.9 Å². The molecule has 21 heavy (non-hydrogen) atoms. The fourth-order valence-electron chi connectivity index (χ4n) is 2.17. The van der Waals surface area contributed by atoms with Gasteiger partial charge in [-0.05, 0) is 13.0 Å². The Balaban J connectivity index is 2.27. The average molecular weight is 285 g/mol. The number of nitrogens with two attached hydrogens (primary N) is 1. The Bertz CT molecular complexity index is 867. The smallest absolute Gasteiger partial charge is 0.230 e. The molecule has 3 N–H and O–H groups in total. The maximum Gasteiger partial charge on any atom is 0.230 e. The number of nitrogens with one attached hydrogen (secondary N) is 1. The van der Waals surface area contributed by atoms with Crippen LogP contribution in [0.1, 0.15) is 5.69 Å². The number of aromatic nitrogens is 2. The number of hydrogen-bond donors (Lipinski definition) is 2. The molecule has 3 aromatic rings. The van der Waals surface area contributed by atoms with Crippen LogP contribution in [0.3, 0.4) is 0 Å². The Morgan fingerprint density at radius 2 is 2.05 bits per heavy atom. The van der Waals surface area contributed by atoms with Crippen molar-refractivity contribution in [3.8, 4) is 22.4 Å². The van der Waals surface area contributed by atoms with Crippen molar-refractivity contribution in [1.82, 2.24) is 10.1 Å². The molecule has 0 aliphatic rings. The van der Waals surface area contributed by atoms with Crippen LogP contribution >= 0.6 is 0 Å². The van der Waals surface area contributed by atoms with Crippen LogP contribution in [-0.2, 0) is 0 Å². The fraction of sp³-hybridized carbons (Fsp3) is 0.0667. The van der Waals surface area contributed by atoms with Crippen molar-refractivity contribution in [2.24, 2.45) is 0 Å². The van der Waals surface area contributed by atoms with Gasteiger partial charge in [0.1, 0.15) is 11.5 Å². The fourth-order valence-corrected chi connectivity index (χ4v) is 2.17. The molecule has 0 bridgehead atoms. The van der Waals surface area contributed by atoms with E-state index >= 15 is 0 Å². The summed E-state index contributed by atoms with van der Waals surface area (Å²) < 4.78 is 18.9. The van der Waals surface area contributed by atoms with E-state index < -0.39 is 5.82 Å². The molecule has 2 heterocycles. The zero-order chi connectivity index (χ0) is 15.0. The molecule has 0 fully saturated rings. The molecule has 1 aromatic carbocycles. The van der Waals surface area contributed by atoms with Crippen molar-refractivity contribution in [2.75, 3.05) is 5.73 Å². The first-order valence-corrected chi connectivity index (χ1v) is 6.27. The van der Waals surface area contributed by atoms with Crippen LogP contribution in [0.5, 0.6) is 0 Å². The second-order valence-corrected chi connectivity index (χ2v) is 4.64. The van der Waals surface area contributed by atoms with Crippen molar-refractivity contribution in [3.63, 3.8) is 0 Å². The predicted octanol–water partition coefficient (Wildman–Crippen LogP) is 2.73. The molecule has 106 valence electrons. The monoisotopic (exact) mass is 285 g/mol. The minimum absolute atomic E-state index is 0.0323. The standard InChI is InChI=1S/C15H12FN3O2/c1-8-6-12(20)10(7-18-8)14-13(15(17)21-19-14)9-4-2-3-5-11(9)16/h2-7H,17H2,1H3,(H,18,20). The van der Waals surface area contributed by atoms with E-state index in [0.29, 0.717) is 5.69 Å². The van der Waals surface area contributed by atoms with Crippen molar-refractivity contribution in [3.05, 3.63) is 58.3 Å². The molecule has 0 aliphatic carbocycles. The zero-order valence-corrected chi connectivity index (χ0v) is 11.2. The summed E-state index contributed by atoms with van der Waals surface area (Å²) in [6, 6.07) is 7.55. The van der Waals surface area contributed by atoms with Gasteiger partial charge in [0.05, 0.1) is 11.1 Å². The van der Waals surface area contributed by atoms with Gasteiger partial charge in [0.15, 0.2) is 5.43 Å². The molecule has 0 saturated heterocycles. The summed E-state index contributed by atoms with van der Waals surface area (Å²) in [6.07, 6.45) is 1.51. The molecule has 0 amide bonds. The Hall–Kier alpha value is -2.89. The van der Waals surface area contributed by atoms with Crippen molar-refractivity contribution < 1.29 is 8.91 Å². The van der Waals surface area contributed by atoms with Gasteiger partial charge in [-0.1, -0.05) is 23.4 Å². The van der Waals surface area contributed by atoms with Crippen LogP contribution < -0.4 is 11.2 Å². The second kappa shape index (κ2) is 4.90. The number of benzene rings is 1. The predicted molar refractivity (Wildman–Crippen MR) is 77.1 cm³/mol. The normalized spacial score (nSPS) is 10.8. The van der Waals surface area contributed by atoms with E-state index in [0.717, 1.165) is 0 Å². The SMILES string of the molecule is Cc1cc(=O)c(-c2noc(N)c2-c2ccccc2F)c[nH]1. The first kappa shape index (κ1) is 13.1. The highest BCUT2D eigenvalue weighted by atomic mass is 19.1. The number of rotatable bonds is 2. The third-order valence-corrected chi connectivity index (χ3v) is 3.17. The molecule has 3 rings (SSSR count). The van der Waals surface area contributed by atoms with Gasteiger partial charge in [0.2, 0.25) is 5.88 Å². The van der Waals surface area contributed by atoms with Gasteiger partial charge in [0.25, 0.3) is 0 Å². The number of halogens is 1. The molecule has 0 atom stereocenters. The van der Waals surface area contributed by atoms with Crippen molar-refractivity contribution in [2.45, 2.75) is 6.92 Å². The summed E-state index contributed by atoms with van der Waals surface area (Å²) in [5, 5.41) is 3.81. The third-order valence-electron chi connectivity index (χ3n) is 3.17. The molecular formula is C15H12FN3O2. The number of nitrogen functional groups attached to an aromatic ring is 1. The summed E-state index contributed by atoms with van der Waals surface area (Å²) in [7, 11) is 0. The van der Waals surface area contributed by atoms with E-state index in [4.69, 9.17) is 10.3 Å². The third kappa shape index (κ3) is 2.20. The zero-order valence-electron chi connectivity index (χ0n) is 11.2. The number of pyridine rings is 1. The van der Waals surface area contributed by atoms with E-state index in [9.17, 15) is 9.18 Å². The van der Waals surface area contributed by atoms with E-state index in [1.54, 1.807) is 25.1 Å². The number of nitrogens with zero attached hydrogens (tertiary/aromatic N) is 1. The number of hydrogen-bond acceptors (Lipinski definition) is 4. The molecule has 0 unspecified atom stereocenters. The lowest BCUT2D eigenvalue weighted by molar-refractivity contribution is 0.439. The van der Waals surface area contributed by atoms with Gasteiger partial charge >= 0.3 is 0 Å². The average Bonchev–Trinajstić information content (AvgIpc) is 2.81. The van der Waals surface area contributed by atoms with Crippen LogP contribution in [-0.4, -0.2) is 10.1 Å². The van der Waals surface area contributed by atoms with Gasteiger partial charge in [-0.15, -0.1) is 0 Å².